The number of methoxy groups -OCH3 is 1. The summed E-state index contributed by atoms with van der Waals surface area (Å²) in [6.07, 6.45) is 0. The van der Waals surface area contributed by atoms with Gasteiger partial charge in [0.25, 0.3) is 0 Å². The molecule has 0 unspecified atom stereocenters. The minimum Gasteiger partial charge on any atom is -0.478 e. The first-order valence-electron chi connectivity index (χ1n) is 5.13. The Bertz CT molecular complexity index is 586. The Morgan fingerprint density at radius 2 is 1.89 bits per heavy atom. The van der Waals surface area contributed by atoms with Crippen molar-refractivity contribution in [1.82, 2.24) is 0 Å². The summed E-state index contributed by atoms with van der Waals surface area (Å²) >= 11 is 1.22. The van der Waals surface area contributed by atoms with Crippen LogP contribution >= 0.6 is 11.3 Å². The van der Waals surface area contributed by atoms with E-state index >= 15 is 0 Å². The van der Waals surface area contributed by atoms with E-state index in [0.29, 0.717) is 4.88 Å². The fourth-order valence-corrected chi connectivity index (χ4v) is 2.66. The van der Waals surface area contributed by atoms with Crippen molar-refractivity contribution in [2.75, 3.05) is 7.11 Å². The summed E-state index contributed by atoms with van der Waals surface area (Å²) in [6, 6.07) is 9.16. The van der Waals surface area contributed by atoms with E-state index in [4.69, 9.17) is 5.11 Å². The average molecular weight is 262 g/mol. The summed E-state index contributed by atoms with van der Waals surface area (Å²) in [5.41, 5.74) is 0.891. The standard InChI is InChI=1S/C13H10O4S/c1-17-13(16)10-9(12(14)15)7-18-11(10)8-5-3-2-4-6-8/h2-7H,1H3,(H,14,15). The Morgan fingerprint density at radius 1 is 1.22 bits per heavy atom. The van der Waals surface area contributed by atoms with Crippen LogP contribution in [0.3, 0.4) is 0 Å². The Kier molecular flexibility index (Phi) is 3.43. The van der Waals surface area contributed by atoms with Crippen LogP contribution in [-0.4, -0.2) is 24.2 Å². The molecule has 4 nitrogen and oxygen atoms in total. The van der Waals surface area contributed by atoms with Gasteiger partial charge >= 0.3 is 11.9 Å². The minimum atomic E-state index is -1.13. The molecule has 1 heterocycles. The molecule has 18 heavy (non-hydrogen) atoms. The van der Waals surface area contributed by atoms with Gasteiger partial charge in [0, 0.05) is 10.3 Å². The fourth-order valence-electron chi connectivity index (χ4n) is 1.62. The summed E-state index contributed by atoms with van der Waals surface area (Å²) in [6.45, 7) is 0. The molecule has 0 aliphatic rings. The van der Waals surface area contributed by atoms with Crippen molar-refractivity contribution in [3.05, 3.63) is 46.8 Å². The van der Waals surface area contributed by atoms with Crippen molar-refractivity contribution in [3.8, 4) is 10.4 Å². The summed E-state index contributed by atoms with van der Waals surface area (Å²) < 4.78 is 4.65. The lowest BCUT2D eigenvalue weighted by Gasteiger charge is -2.03. The maximum Gasteiger partial charge on any atom is 0.340 e. The van der Waals surface area contributed by atoms with Gasteiger partial charge in [-0.2, -0.15) is 0 Å². The lowest BCUT2D eigenvalue weighted by molar-refractivity contribution is 0.0584. The summed E-state index contributed by atoms with van der Waals surface area (Å²) in [5.74, 6) is -1.76. The zero-order chi connectivity index (χ0) is 13.1. The second-order valence-corrected chi connectivity index (χ2v) is 4.40. The molecule has 0 radical (unpaired) electrons. The van der Waals surface area contributed by atoms with Crippen LogP contribution in [0, 0.1) is 0 Å². The fraction of sp³-hybridized carbons (Fsp3) is 0.0769. The highest BCUT2D eigenvalue weighted by atomic mass is 32.1. The number of ether oxygens (including phenoxy) is 1. The Morgan fingerprint density at radius 3 is 2.44 bits per heavy atom. The maximum absolute atomic E-state index is 11.7. The number of carboxylic acids is 1. The second-order valence-electron chi connectivity index (χ2n) is 3.52. The normalized spacial score (nSPS) is 10.1. The van der Waals surface area contributed by atoms with Crippen LogP contribution in [0.15, 0.2) is 35.7 Å². The molecule has 5 heteroatoms. The molecule has 0 fully saturated rings. The van der Waals surface area contributed by atoms with Crippen molar-refractivity contribution < 1.29 is 19.4 Å². The zero-order valence-corrected chi connectivity index (χ0v) is 10.4. The van der Waals surface area contributed by atoms with Crippen molar-refractivity contribution in [3.63, 3.8) is 0 Å². The van der Waals surface area contributed by atoms with Gasteiger partial charge in [0.2, 0.25) is 0 Å². The smallest absolute Gasteiger partial charge is 0.340 e. The topological polar surface area (TPSA) is 63.6 Å². The summed E-state index contributed by atoms with van der Waals surface area (Å²) in [4.78, 5) is 23.4. The molecule has 0 bridgehead atoms. The number of thiophene rings is 1. The van der Waals surface area contributed by atoms with Crippen LogP contribution in [0.2, 0.25) is 0 Å². The molecule has 2 rings (SSSR count). The number of esters is 1. The van der Waals surface area contributed by atoms with Crippen LogP contribution in [0.1, 0.15) is 20.7 Å². The SMILES string of the molecule is COC(=O)c1c(C(=O)O)csc1-c1ccccc1. The van der Waals surface area contributed by atoms with Crippen LogP contribution in [0.5, 0.6) is 0 Å². The molecule has 0 saturated carbocycles. The number of rotatable bonds is 3. The van der Waals surface area contributed by atoms with Crippen molar-refractivity contribution in [2.45, 2.75) is 0 Å². The van der Waals surface area contributed by atoms with Crippen LogP contribution in [0.25, 0.3) is 10.4 Å². The molecule has 0 aliphatic carbocycles. The molecule has 2 aromatic rings. The van der Waals surface area contributed by atoms with Gasteiger partial charge in [-0.25, -0.2) is 9.59 Å². The van der Waals surface area contributed by atoms with Gasteiger partial charge in [-0.3, -0.25) is 0 Å². The van der Waals surface area contributed by atoms with Crippen molar-refractivity contribution in [1.29, 1.82) is 0 Å². The monoisotopic (exact) mass is 262 g/mol. The summed E-state index contributed by atoms with van der Waals surface area (Å²) in [7, 11) is 1.24. The predicted molar refractivity (Wildman–Crippen MR) is 68.1 cm³/mol. The van der Waals surface area contributed by atoms with E-state index in [9.17, 15) is 9.59 Å². The van der Waals surface area contributed by atoms with Gasteiger partial charge in [-0.05, 0) is 5.56 Å². The van der Waals surface area contributed by atoms with Gasteiger partial charge in [0.05, 0.1) is 18.2 Å². The molecule has 0 atom stereocenters. The zero-order valence-electron chi connectivity index (χ0n) is 9.54. The lowest BCUT2D eigenvalue weighted by Crippen LogP contribution is -2.08. The molecule has 0 spiro atoms. The van der Waals surface area contributed by atoms with Gasteiger partial charge in [0.15, 0.2) is 0 Å². The maximum atomic E-state index is 11.7. The number of aromatic carboxylic acids is 1. The Balaban J connectivity index is 2.62. The highest BCUT2D eigenvalue weighted by molar-refractivity contribution is 7.14. The van der Waals surface area contributed by atoms with Crippen molar-refractivity contribution >= 4 is 23.3 Å². The van der Waals surface area contributed by atoms with E-state index in [0.717, 1.165) is 5.56 Å². The highest BCUT2D eigenvalue weighted by Gasteiger charge is 2.24. The lowest BCUT2D eigenvalue weighted by atomic mass is 10.1. The molecule has 0 saturated heterocycles. The van der Waals surface area contributed by atoms with E-state index in [2.05, 4.69) is 4.74 Å². The number of hydrogen-bond acceptors (Lipinski definition) is 4. The number of carbonyl (C=O) groups excluding carboxylic acids is 1. The first-order valence-corrected chi connectivity index (χ1v) is 6.01. The van der Waals surface area contributed by atoms with E-state index in [1.54, 1.807) is 0 Å². The quantitative estimate of drug-likeness (QED) is 0.864. The number of benzene rings is 1. The molecule has 0 aliphatic heterocycles. The van der Waals surface area contributed by atoms with Crippen LogP contribution in [0.4, 0.5) is 0 Å². The Hall–Kier alpha value is -2.14. The van der Waals surface area contributed by atoms with E-state index in [-0.39, 0.29) is 11.1 Å². The van der Waals surface area contributed by atoms with E-state index < -0.39 is 11.9 Å². The first-order chi connectivity index (χ1) is 8.65. The third-order valence-corrected chi connectivity index (χ3v) is 3.48. The van der Waals surface area contributed by atoms with E-state index in [1.165, 1.54) is 23.8 Å². The largest absolute Gasteiger partial charge is 0.478 e. The molecule has 1 N–H and O–H groups in total. The second kappa shape index (κ2) is 5.01. The van der Waals surface area contributed by atoms with Crippen LogP contribution < -0.4 is 0 Å². The summed E-state index contributed by atoms with van der Waals surface area (Å²) in [5, 5.41) is 10.5. The van der Waals surface area contributed by atoms with Crippen LogP contribution in [-0.2, 0) is 4.74 Å². The third kappa shape index (κ3) is 2.12. The predicted octanol–water partition coefficient (Wildman–Crippen LogP) is 2.90. The van der Waals surface area contributed by atoms with Gasteiger partial charge in [-0.15, -0.1) is 11.3 Å². The molecule has 1 aromatic heterocycles. The molecular formula is C13H10O4S. The van der Waals surface area contributed by atoms with E-state index in [1.807, 2.05) is 30.3 Å². The van der Waals surface area contributed by atoms with Gasteiger partial charge < -0.3 is 9.84 Å². The number of carbonyl (C=O) groups is 2. The molecule has 92 valence electrons. The highest BCUT2D eigenvalue weighted by Crippen LogP contribution is 2.33. The van der Waals surface area contributed by atoms with Gasteiger partial charge in [-0.1, -0.05) is 30.3 Å². The third-order valence-electron chi connectivity index (χ3n) is 2.45. The number of carboxylic acid groups (broad SMARTS) is 1. The number of hydrogen-bond donors (Lipinski definition) is 1. The minimum absolute atomic E-state index is 0.0225. The average Bonchev–Trinajstić information content (AvgIpc) is 2.83. The van der Waals surface area contributed by atoms with Gasteiger partial charge in [0.1, 0.15) is 0 Å². The molecule has 1 aromatic carbocycles. The Labute approximate surface area is 107 Å². The molecule has 0 amide bonds. The first kappa shape index (κ1) is 12.3. The van der Waals surface area contributed by atoms with Crippen molar-refractivity contribution in [2.24, 2.45) is 0 Å². The molecular weight excluding hydrogens is 252 g/mol.